The molecule has 0 bridgehead atoms. The highest BCUT2D eigenvalue weighted by molar-refractivity contribution is 7.92. The predicted octanol–water partition coefficient (Wildman–Crippen LogP) is 4.28. The highest BCUT2D eigenvalue weighted by Gasteiger charge is 2.29. The molecule has 1 unspecified atom stereocenters. The van der Waals surface area contributed by atoms with E-state index in [1.807, 2.05) is 19.9 Å². The third-order valence-electron chi connectivity index (χ3n) is 6.66. The van der Waals surface area contributed by atoms with Gasteiger partial charge in [0.1, 0.15) is 12.3 Å². The van der Waals surface area contributed by atoms with E-state index < -0.39 is 10.0 Å². The number of carbonyl (C=O) groups excluding carboxylic acids is 1. The molecule has 0 aliphatic carbocycles. The van der Waals surface area contributed by atoms with Crippen molar-refractivity contribution >= 4 is 21.6 Å². The van der Waals surface area contributed by atoms with Crippen molar-refractivity contribution in [2.45, 2.75) is 63.8 Å². The van der Waals surface area contributed by atoms with Crippen LogP contribution in [0.2, 0.25) is 0 Å². The van der Waals surface area contributed by atoms with E-state index in [4.69, 9.17) is 4.74 Å². The summed E-state index contributed by atoms with van der Waals surface area (Å²) in [6.45, 7) is 8.25. The predicted molar refractivity (Wildman–Crippen MR) is 141 cm³/mol. The lowest BCUT2D eigenvalue weighted by molar-refractivity contribution is -0.119. The van der Waals surface area contributed by atoms with Gasteiger partial charge in [-0.3, -0.25) is 9.10 Å². The van der Waals surface area contributed by atoms with Crippen molar-refractivity contribution in [3.63, 3.8) is 0 Å². The van der Waals surface area contributed by atoms with E-state index >= 15 is 0 Å². The minimum Gasteiger partial charge on any atom is -0.495 e. The van der Waals surface area contributed by atoms with E-state index in [0.29, 0.717) is 24.0 Å². The third-order valence-corrected chi connectivity index (χ3v) is 8.44. The van der Waals surface area contributed by atoms with Gasteiger partial charge in [0.25, 0.3) is 10.0 Å². The number of anilines is 1. The fourth-order valence-electron chi connectivity index (χ4n) is 4.65. The molecule has 1 amide bonds. The molecule has 1 aliphatic rings. The molecular formula is C27H39N3O4S. The summed E-state index contributed by atoms with van der Waals surface area (Å²) in [6, 6.07) is 12.6. The fraction of sp³-hybridized carbons (Fsp3) is 0.519. The van der Waals surface area contributed by atoms with E-state index in [1.54, 1.807) is 36.4 Å². The average Bonchev–Trinajstić information content (AvgIpc) is 2.85. The molecular weight excluding hydrogens is 462 g/mol. The Morgan fingerprint density at radius 1 is 1.11 bits per heavy atom. The lowest BCUT2D eigenvalue weighted by Crippen LogP contribution is -2.43. The van der Waals surface area contributed by atoms with E-state index in [0.717, 1.165) is 41.4 Å². The van der Waals surface area contributed by atoms with E-state index in [-0.39, 0.29) is 17.3 Å². The second kappa shape index (κ2) is 12.4. The van der Waals surface area contributed by atoms with Crippen molar-refractivity contribution < 1.29 is 17.9 Å². The molecule has 3 rings (SSSR count). The monoisotopic (exact) mass is 501 g/mol. The van der Waals surface area contributed by atoms with Gasteiger partial charge in [-0.25, -0.2) is 8.42 Å². The van der Waals surface area contributed by atoms with Gasteiger partial charge in [-0.2, -0.15) is 0 Å². The van der Waals surface area contributed by atoms with Gasteiger partial charge < -0.3 is 15.0 Å². The zero-order valence-corrected chi connectivity index (χ0v) is 22.2. The van der Waals surface area contributed by atoms with Gasteiger partial charge in [0, 0.05) is 19.1 Å². The number of piperidine rings is 1. The second-order valence-electron chi connectivity index (χ2n) is 9.30. The van der Waals surface area contributed by atoms with Crippen LogP contribution < -0.4 is 14.4 Å². The van der Waals surface area contributed by atoms with Crippen molar-refractivity contribution in [3.05, 3.63) is 53.6 Å². The van der Waals surface area contributed by atoms with Crippen molar-refractivity contribution in [3.8, 4) is 5.75 Å². The van der Waals surface area contributed by atoms with Crippen LogP contribution >= 0.6 is 0 Å². The number of nitrogens with zero attached hydrogens (tertiary/aromatic N) is 2. The topological polar surface area (TPSA) is 79.0 Å². The Hall–Kier alpha value is -2.58. The quantitative estimate of drug-likeness (QED) is 0.465. The molecule has 0 spiro atoms. The first-order valence-electron chi connectivity index (χ1n) is 12.5. The lowest BCUT2D eigenvalue weighted by atomic mass is 10.00. The van der Waals surface area contributed by atoms with E-state index in [9.17, 15) is 13.2 Å². The fourth-order valence-corrected chi connectivity index (χ4v) is 6.07. The van der Waals surface area contributed by atoms with Crippen LogP contribution in [0.4, 0.5) is 5.69 Å². The molecule has 1 atom stereocenters. The number of carbonyl (C=O) groups is 1. The number of benzene rings is 2. The Morgan fingerprint density at radius 2 is 1.83 bits per heavy atom. The molecule has 8 heteroatoms. The molecule has 2 aromatic carbocycles. The SMILES string of the molecule is CCC1CCCCN1CCCNC(=O)CN(c1cc(C)ccc1OC)S(=O)(=O)c1ccc(C)cc1. The summed E-state index contributed by atoms with van der Waals surface area (Å²) in [5.74, 6) is 0.0599. The summed E-state index contributed by atoms with van der Waals surface area (Å²) in [7, 11) is -2.49. The van der Waals surface area contributed by atoms with Gasteiger partial charge in [-0.1, -0.05) is 37.1 Å². The molecule has 0 radical (unpaired) electrons. The summed E-state index contributed by atoms with van der Waals surface area (Å²) in [5, 5.41) is 2.93. The first-order valence-corrected chi connectivity index (χ1v) is 13.9. The number of sulfonamides is 1. The summed E-state index contributed by atoms with van der Waals surface area (Å²) in [6.07, 6.45) is 5.75. The Balaban J connectivity index is 1.74. The standard InChI is InChI=1S/C27H39N3O4S/c1-5-23-9-6-7-17-29(23)18-8-16-28-27(31)20-30(25-19-22(3)12-15-26(25)34-4)35(32,33)24-13-10-21(2)11-14-24/h10-15,19,23H,5-9,16-18,20H2,1-4H3,(H,28,31). The van der Waals surface area contributed by atoms with Gasteiger partial charge >= 0.3 is 0 Å². The van der Waals surface area contributed by atoms with Crippen LogP contribution in [0.1, 0.15) is 50.2 Å². The zero-order chi connectivity index (χ0) is 25.4. The Kier molecular flexibility index (Phi) is 9.57. The summed E-state index contributed by atoms with van der Waals surface area (Å²) in [5.41, 5.74) is 2.18. The number of rotatable bonds is 11. The Morgan fingerprint density at radius 3 is 2.51 bits per heavy atom. The van der Waals surface area contributed by atoms with Gasteiger partial charge in [-0.15, -0.1) is 0 Å². The van der Waals surface area contributed by atoms with Gasteiger partial charge in [0.2, 0.25) is 5.91 Å². The van der Waals surface area contributed by atoms with Crippen molar-refractivity contribution in [2.75, 3.05) is 37.6 Å². The highest BCUT2D eigenvalue weighted by Crippen LogP contribution is 2.33. The van der Waals surface area contributed by atoms with Crippen LogP contribution in [0.25, 0.3) is 0 Å². The molecule has 1 aliphatic heterocycles. The number of hydrogen-bond donors (Lipinski definition) is 1. The Labute approximate surface area is 210 Å². The normalized spacial score (nSPS) is 16.6. The minimum atomic E-state index is -3.99. The number of likely N-dealkylation sites (tertiary alicyclic amines) is 1. The zero-order valence-electron chi connectivity index (χ0n) is 21.4. The van der Waals surface area contributed by atoms with Crippen molar-refractivity contribution in [1.82, 2.24) is 10.2 Å². The molecule has 1 saturated heterocycles. The van der Waals surface area contributed by atoms with Crippen LogP contribution in [0.5, 0.6) is 5.75 Å². The van der Waals surface area contributed by atoms with Gasteiger partial charge in [0.15, 0.2) is 0 Å². The van der Waals surface area contributed by atoms with Gasteiger partial charge in [0.05, 0.1) is 17.7 Å². The molecule has 0 saturated carbocycles. The van der Waals surface area contributed by atoms with E-state index in [2.05, 4.69) is 17.1 Å². The molecule has 35 heavy (non-hydrogen) atoms. The van der Waals surface area contributed by atoms with Crippen LogP contribution in [0.3, 0.4) is 0 Å². The van der Waals surface area contributed by atoms with Crippen LogP contribution in [-0.2, 0) is 14.8 Å². The molecule has 2 aromatic rings. The highest BCUT2D eigenvalue weighted by atomic mass is 32.2. The van der Waals surface area contributed by atoms with Crippen LogP contribution in [0.15, 0.2) is 47.4 Å². The largest absolute Gasteiger partial charge is 0.495 e. The van der Waals surface area contributed by atoms with Crippen LogP contribution in [-0.4, -0.2) is 58.6 Å². The first kappa shape index (κ1) is 27.0. The van der Waals surface area contributed by atoms with Crippen molar-refractivity contribution in [1.29, 1.82) is 0 Å². The number of ether oxygens (including phenoxy) is 1. The maximum Gasteiger partial charge on any atom is 0.264 e. The van der Waals surface area contributed by atoms with Crippen molar-refractivity contribution in [2.24, 2.45) is 0 Å². The van der Waals surface area contributed by atoms with Gasteiger partial charge in [-0.05, 0) is 75.9 Å². The number of hydrogen-bond acceptors (Lipinski definition) is 5. The number of methoxy groups -OCH3 is 1. The lowest BCUT2D eigenvalue weighted by Gasteiger charge is -2.35. The molecule has 1 N–H and O–H groups in total. The molecule has 1 heterocycles. The number of nitrogens with one attached hydrogen (secondary N) is 1. The first-order chi connectivity index (χ1) is 16.8. The molecule has 192 valence electrons. The van der Waals surface area contributed by atoms with E-state index in [1.165, 1.54) is 26.4 Å². The molecule has 0 aromatic heterocycles. The third kappa shape index (κ3) is 6.98. The summed E-state index contributed by atoms with van der Waals surface area (Å²) < 4.78 is 33.9. The smallest absolute Gasteiger partial charge is 0.264 e. The minimum absolute atomic E-state index is 0.134. The summed E-state index contributed by atoms with van der Waals surface area (Å²) in [4.78, 5) is 15.6. The maximum absolute atomic E-state index is 13.6. The summed E-state index contributed by atoms with van der Waals surface area (Å²) >= 11 is 0. The number of aryl methyl sites for hydroxylation is 2. The maximum atomic E-state index is 13.6. The Bertz CT molecular complexity index is 1090. The molecule has 1 fully saturated rings. The average molecular weight is 502 g/mol. The van der Waals surface area contributed by atoms with Crippen LogP contribution in [0, 0.1) is 13.8 Å². The number of amides is 1. The second-order valence-corrected chi connectivity index (χ2v) is 11.2. The molecule has 7 nitrogen and oxygen atoms in total.